The predicted octanol–water partition coefficient (Wildman–Crippen LogP) is 4.83. The van der Waals surface area contributed by atoms with E-state index in [1.807, 2.05) is 30.3 Å². The predicted molar refractivity (Wildman–Crippen MR) is 181 cm³/mol. The van der Waals surface area contributed by atoms with Crippen LogP contribution in [0.1, 0.15) is 88.7 Å². The summed E-state index contributed by atoms with van der Waals surface area (Å²) in [5, 5.41) is 22.6. The van der Waals surface area contributed by atoms with Crippen LogP contribution in [0.4, 0.5) is 5.69 Å². The van der Waals surface area contributed by atoms with Crippen LogP contribution in [0.15, 0.2) is 66.7 Å². The third kappa shape index (κ3) is 14.2. The van der Waals surface area contributed by atoms with E-state index < -0.39 is 34.9 Å². The van der Waals surface area contributed by atoms with E-state index in [-0.39, 0.29) is 30.3 Å². The zero-order valence-corrected chi connectivity index (χ0v) is 27.4. The maximum atomic E-state index is 13.7. The van der Waals surface area contributed by atoms with Crippen molar-refractivity contribution >= 4 is 29.3 Å². The molecule has 0 aromatic heterocycles. The Kier molecular flexibility index (Phi) is 16.1. The van der Waals surface area contributed by atoms with E-state index in [1.54, 1.807) is 18.2 Å². The molecule has 0 unspecified atom stereocenters. The number of nitrogens with zero attached hydrogens (tertiary/aromatic N) is 1. The number of hydrogen-bond acceptors (Lipinski definition) is 6. The minimum atomic E-state index is -0.872. The lowest BCUT2D eigenvalue weighted by Crippen LogP contribution is -2.55. The SMILES string of the molecule is CCCCCCCCCC(=O)N[C@@H](Cc1ccccc1)C(=O)N[C@H]1CCCCNC(=O)/C=C/[C@H](Cc2ccc([N+](=O)[O-])cc2)NC1=O. The second-order valence-electron chi connectivity index (χ2n) is 12.1. The fourth-order valence-corrected chi connectivity index (χ4v) is 5.52. The van der Waals surface area contributed by atoms with Crippen LogP contribution < -0.4 is 21.3 Å². The summed E-state index contributed by atoms with van der Waals surface area (Å²) in [6.45, 7) is 2.60. The van der Waals surface area contributed by atoms with Crippen molar-refractivity contribution in [3.63, 3.8) is 0 Å². The van der Waals surface area contributed by atoms with E-state index >= 15 is 0 Å². The second-order valence-corrected chi connectivity index (χ2v) is 12.1. The first-order valence-electron chi connectivity index (χ1n) is 16.9. The summed E-state index contributed by atoms with van der Waals surface area (Å²) in [6, 6.07) is 13.1. The number of rotatable bonds is 16. The average molecular weight is 648 g/mol. The first-order chi connectivity index (χ1) is 22.7. The van der Waals surface area contributed by atoms with Crippen molar-refractivity contribution in [1.82, 2.24) is 21.3 Å². The molecule has 0 aliphatic carbocycles. The van der Waals surface area contributed by atoms with Gasteiger partial charge in [-0.3, -0.25) is 29.3 Å². The summed E-state index contributed by atoms with van der Waals surface area (Å²) in [6.07, 6.45) is 12.9. The minimum absolute atomic E-state index is 0.0475. The zero-order chi connectivity index (χ0) is 33.9. The van der Waals surface area contributed by atoms with Crippen molar-refractivity contribution in [2.45, 2.75) is 109 Å². The Labute approximate surface area is 277 Å². The molecule has 1 aliphatic rings. The number of nitro groups is 1. The summed E-state index contributed by atoms with van der Waals surface area (Å²) in [7, 11) is 0. The number of benzene rings is 2. The Morgan fingerprint density at radius 2 is 1.64 bits per heavy atom. The number of unbranched alkanes of at least 4 members (excludes halogenated alkanes) is 6. The molecule has 0 bridgehead atoms. The van der Waals surface area contributed by atoms with Gasteiger partial charge in [0.1, 0.15) is 12.1 Å². The highest BCUT2D eigenvalue weighted by Crippen LogP contribution is 2.15. The highest BCUT2D eigenvalue weighted by atomic mass is 16.6. The van der Waals surface area contributed by atoms with E-state index in [1.165, 1.54) is 37.5 Å². The highest BCUT2D eigenvalue weighted by Gasteiger charge is 2.28. The summed E-state index contributed by atoms with van der Waals surface area (Å²) >= 11 is 0. The standard InChI is InChI=1S/C36H49N5O6/c1-2-3-4-5-6-7-11-17-34(43)39-32(26-27-14-9-8-10-15-27)36(45)40-31-16-12-13-24-37-33(42)23-20-29(38-35(31)44)25-28-18-21-30(22-19-28)41(46)47/h8-10,14-15,18-23,29,31-32H,2-7,11-13,16-17,24-26H2,1H3,(H,37,42)(H,38,44)(H,39,43)(H,40,45)/b23-20+/t29-,31+,32+/m1/s1. The number of nitro benzene ring substituents is 1. The molecule has 47 heavy (non-hydrogen) atoms. The topological polar surface area (TPSA) is 160 Å². The number of non-ortho nitro benzene ring substituents is 1. The van der Waals surface area contributed by atoms with E-state index in [0.717, 1.165) is 36.8 Å². The van der Waals surface area contributed by atoms with Crippen molar-refractivity contribution in [2.24, 2.45) is 0 Å². The molecule has 0 fully saturated rings. The molecule has 0 saturated heterocycles. The molecule has 0 spiro atoms. The van der Waals surface area contributed by atoms with Gasteiger partial charge in [0, 0.05) is 37.6 Å². The van der Waals surface area contributed by atoms with Gasteiger partial charge in [0.15, 0.2) is 0 Å². The molecule has 1 aliphatic heterocycles. The van der Waals surface area contributed by atoms with Gasteiger partial charge in [-0.25, -0.2) is 0 Å². The van der Waals surface area contributed by atoms with Gasteiger partial charge in [0.25, 0.3) is 5.69 Å². The first kappa shape index (κ1) is 36.9. The quantitative estimate of drug-likeness (QED) is 0.116. The first-order valence-corrected chi connectivity index (χ1v) is 16.9. The fraction of sp³-hybridized carbons (Fsp3) is 0.500. The summed E-state index contributed by atoms with van der Waals surface area (Å²) in [4.78, 5) is 63.2. The molecule has 3 rings (SSSR count). The number of hydrogen-bond donors (Lipinski definition) is 4. The molecular formula is C36H49N5O6. The molecule has 11 heteroatoms. The van der Waals surface area contributed by atoms with Gasteiger partial charge < -0.3 is 21.3 Å². The third-order valence-corrected chi connectivity index (χ3v) is 8.20. The average Bonchev–Trinajstić information content (AvgIpc) is 3.06. The number of carbonyl (C=O) groups excluding carboxylic acids is 4. The third-order valence-electron chi connectivity index (χ3n) is 8.20. The highest BCUT2D eigenvalue weighted by molar-refractivity contribution is 5.92. The molecular weight excluding hydrogens is 598 g/mol. The van der Waals surface area contributed by atoms with E-state index in [2.05, 4.69) is 28.2 Å². The van der Waals surface area contributed by atoms with Crippen LogP contribution in [0.2, 0.25) is 0 Å². The van der Waals surface area contributed by atoms with Crippen LogP contribution in [0, 0.1) is 10.1 Å². The van der Waals surface area contributed by atoms with Gasteiger partial charge in [-0.1, -0.05) is 94.0 Å². The van der Waals surface area contributed by atoms with E-state index in [0.29, 0.717) is 32.2 Å². The van der Waals surface area contributed by atoms with Gasteiger partial charge in [0.05, 0.1) is 11.0 Å². The van der Waals surface area contributed by atoms with E-state index in [9.17, 15) is 29.3 Å². The Morgan fingerprint density at radius 1 is 0.936 bits per heavy atom. The van der Waals surface area contributed by atoms with Crippen LogP contribution in [0.3, 0.4) is 0 Å². The zero-order valence-electron chi connectivity index (χ0n) is 27.4. The van der Waals surface area contributed by atoms with Crippen molar-refractivity contribution in [1.29, 1.82) is 0 Å². The molecule has 4 amide bonds. The van der Waals surface area contributed by atoms with Crippen molar-refractivity contribution in [2.75, 3.05) is 6.54 Å². The van der Waals surface area contributed by atoms with Crippen LogP contribution >= 0.6 is 0 Å². The monoisotopic (exact) mass is 647 g/mol. The number of nitrogens with one attached hydrogen (secondary N) is 4. The molecule has 0 saturated carbocycles. The Bertz CT molecular complexity index is 1330. The maximum absolute atomic E-state index is 13.7. The normalized spacial score (nSPS) is 18.4. The fourth-order valence-electron chi connectivity index (χ4n) is 5.52. The van der Waals surface area contributed by atoms with Crippen LogP contribution in [0.25, 0.3) is 0 Å². The number of amides is 4. The molecule has 2 aromatic carbocycles. The maximum Gasteiger partial charge on any atom is 0.269 e. The molecule has 11 nitrogen and oxygen atoms in total. The van der Waals surface area contributed by atoms with Gasteiger partial charge in [-0.05, 0) is 43.2 Å². The molecule has 2 aromatic rings. The van der Waals surface area contributed by atoms with Crippen molar-refractivity contribution in [3.8, 4) is 0 Å². The van der Waals surface area contributed by atoms with Crippen molar-refractivity contribution in [3.05, 3.63) is 88.0 Å². The summed E-state index contributed by atoms with van der Waals surface area (Å²) in [5.74, 6) is -1.33. The van der Waals surface area contributed by atoms with Gasteiger partial charge >= 0.3 is 0 Å². The molecule has 0 radical (unpaired) electrons. The van der Waals surface area contributed by atoms with Gasteiger partial charge in [-0.2, -0.15) is 0 Å². The lowest BCUT2D eigenvalue weighted by molar-refractivity contribution is -0.384. The summed E-state index contributed by atoms with van der Waals surface area (Å²) in [5.41, 5.74) is 1.56. The van der Waals surface area contributed by atoms with E-state index in [4.69, 9.17) is 0 Å². The smallest absolute Gasteiger partial charge is 0.269 e. The second kappa shape index (κ2) is 20.6. The van der Waals surface area contributed by atoms with Crippen LogP contribution in [0.5, 0.6) is 0 Å². The number of carbonyl (C=O) groups is 4. The largest absolute Gasteiger partial charge is 0.353 e. The lowest BCUT2D eigenvalue weighted by Gasteiger charge is -2.25. The lowest BCUT2D eigenvalue weighted by atomic mass is 10.0. The van der Waals surface area contributed by atoms with Gasteiger partial charge in [-0.15, -0.1) is 0 Å². The molecule has 254 valence electrons. The Balaban J connectivity index is 1.70. The van der Waals surface area contributed by atoms with Crippen LogP contribution in [-0.2, 0) is 32.0 Å². The Hall–Kier alpha value is -4.54. The molecule has 1 heterocycles. The molecule has 4 N–H and O–H groups in total. The van der Waals surface area contributed by atoms with Gasteiger partial charge in [0.2, 0.25) is 23.6 Å². The summed E-state index contributed by atoms with van der Waals surface area (Å²) < 4.78 is 0. The van der Waals surface area contributed by atoms with Crippen LogP contribution in [-0.4, -0.2) is 53.2 Å². The molecule has 3 atom stereocenters. The Morgan fingerprint density at radius 3 is 2.34 bits per heavy atom. The van der Waals surface area contributed by atoms with Crippen molar-refractivity contribution < 1.29 is 24.1 Å². The minimum Gasteiger partial charge on any atom is -0.353 e.